The molecule has 0 fully saturated rings. The van der Waals surface area contributed by atoms with Crippen molar-refractivity contribution in [1.82, 2.24) is 15.1 Å². The monoisotopic (exact) mass is 265 g/mol. The predicted molar refractivity (Wildman–Crippen MR) is 57.1 cm³/mol. The second-order valence-electron chi connectivity index (χ2n) is 4.05. The Balaban J connectivity index is 2.80. The molecule has 1 rings (SSSR count). The van der Waals surface area contributed by atoms with E-state index in [2.05, 4.69) is 10.2 Å². The van der Waals surface area contributed by atoms with Crippen LogP contribution in [0.15, 0.2) is 0 Å². The van der Waals surface area contributed by atoms with Gasteiger partial charge in [-0.3, -0.25) is 9.89 Å². The Kier molecular flexibility index (Phi) is 4.00. The molecule has 2 N–H and O–H groups in total. The summed E-state index contributed by atoms with van der Waals surface area (Å²) in [5, 5.41) is 15.3. The number of alkyl halides is 3. The summed E-state index contributed by atoms with van der Waals surface area (Å²) in [5.74, 6) is -0.609. The number of carbonyl (C=O) groups excluding carboxylic acids is 1. The van der Waals surface area contributed by atoms with E-state index in [0.29, 0.717) is 11.4 Å². The minimum absolute atomic E-state index is 0.229. The quantitative estimate of drug-likeness (QED) is 0.857. The van der Waals surface area contributed by atoms with Crippen molar-refractivity contribution in [3.8, 4) is 0 Å². The van der Waals surface area contributed by atoms with Gasteiger partial charge in [0.2, 0.25) is 0 Å². The maximum atomic E-state index is 12.2. The van der Waals surface area contributed by atoms with Gasteiger partial charge < -0.3 is 10.0 Å². The van der Waals surface area contributed by atoms with Gasteiger partial charge in [-0.25, -0.2) is 0 Å². The number of aromatic nitrogens is 2. The first-order valence-electron chi connectivity index (χ1n) is 5.16. The lowest BCUT2D eigenvalue weighted by molar-refractivity contribution is -0.205. The molecule has 1 unspecified atom stereocenters. The molecule has 102 valence electrons. The number of carbonyl (C=O) groups is 1. The highest BCUT2D eigenvalue weighted by Gasteiger charge is 2.39. The fraction of sp³-hybridized carbons (Fsp3) is 0.600. The fourth-order valence-corrected chi connectivity index (χ4v) is 1.50. The van der Waals surface area contributed by atoms with Gasteiger partial charge in [-0.05, 0) is 13.8 Å². The van der Waals surface area contributed by atoms with Crippen LogP contribution >= 0.6 is 0 Å². The number of halogens is 3. The number of likely N-dealkylation sites (N-methyl/N-ethyl adjacent to an activating group) is 1. The number of aliphatic hydroxyl groups excluding tert-OH is 1. The Bertz CT molecular complexity index is 423. The molecular weight excluding hydrogens is 251 g/mol. The number of nitrogens with one attached hydrogen (secondary N) is 1. The van der Waals surface area contributed by atoms with Crippen molar-refractivity contribution in [3.63, 3.8) is 0 Å². The van der Waals surface area contributed by atoms with Crippen LogP contribution in [0.4, 0.5) is 13.2 Å². The summed E-state index contributed by atoms with van der Waals surface area (Å²) >= 11 is 0. The van der Waals surface area contributed by atoms with E-state index in [9.17, 15) is 18.0 Å². The summed E-state index contributed by atoms with van der Waals surface area (Å²) in [4.78, 5) is 12.7. The molecule has 1 amide bonds. The van der Waals surface area contributed by atoms with Crippen molar-refractivity contribution in [2.24, 2.45) is 0 Å². The standard InChI is InChI=1S/C10H14F3N3O2/c1-5-8(6(2)15-14-5)9(18)16(3)4-7(17)10(11,12)13/h7,17H,4H2,1-3H3,(H,14,15). The van der Waals surface area contributed by atoms with E-state index < -0.39 is 24.7 Å². The van der Waals surface area contributed by atoms with Gasteiger partial charge in [0.25, 0.3) is 5.91 Å². The molecular formula is C10H14F3N3O2. The van der Waals surface area contributed by atoms with E-state index in [-0.39, 0.29) is 5.56 Å². The average Bonchev–Trinajstić information content (AvgIpc) is 2.56. The van der Waals surface area contributed by atoms with Gasteiger partial charge in [-0.2, -0.15) is 18.3 Å². The third-order valence-corrected chi connectivity index (χ3v) is 2.51. The first kappa shape index (κ1) is 14.5. The van der Waals surface area contributed by atoms with E-state index in [1.807, 2.05) is 0 Å². The molecule has 0 aliphatic rings. The number of aliphatic hydroxyl groups is 1. The summed E-state index contributed by atoms with van der Waals surface area (Å²) in [6.07, 6.45) is -7.30. The Morgan fingerprint density at radius 3 is 2.44 bits per heavy atom. The van der Waals surface area contributed by atoms with E-state index in [1.165, 1.54) is 7.05 Å². The summed E-state index contributed by atoms with van der Waals surface area (Å²) < 4.78 is 36.5. The number of H-pyrrole nitrogens is 1. The molecule has 18 heavy (non-hydrogen) atoms. The lowest BCUT2D eigenvalue weighted by Crippen LogP contribution is -2.42. The number of hydrogen-bond donors (Lipinski definition) is 2. The molecule has 0 saturated carbocycles. The minimum Gasteiger partial charge on any atom is -0.382 e. The van der Waals surface area contributed by atoms with Crippen molar-refractivity contribution in [2.45, 2.75) is 26.1 Å². The predicted octanol–water partition coefficient (Wildman–Crippen LogP) is 1.02. The van der Waals surface area contributed by atoms with Crippen LogP contribution in [0.25, 0.3) is 0 Å². The van der Waals surface area contributed by atoms with Crippen molar-refractivity contribution < 1.29 is 23.1 Å². The van der Waals surface area contributed by atoms with Gasteiger partial charge in [0.1, 0.15) is 0 Å². The van der Waals surface area contributed by atoms with Crippen molar-refractivity contribution in [2.75, 3.05) is 13.6 Å². The van der Waals surface area contributed by atoms with Crippen molar-refractivity contribution >= 4 is 5.91 Å². The number of aromatic amines is 1. The van der Waals surface area contributed by atoms with Crippen LogP contribution in [0.5, 0.6) is 0 Å². The molecule has 0 spiro atoms. The van der Waals surface area contributed by atoms with Crippen LogP contribution in [0.3, 0.4) is 0 Å². The van der Waals surface area contributed by atoms with Crippen molar-refractivity contribution in [1.29, 1.82) is 0 Å². The summed E-state index contributed by atoms with van der Waals surface area (Å²) in [5.41, 5.74) is 1.11. The van der Waals surface area contributed by atoms with Gasteiger partial charge in [0.15, 0.2) is 6.10 Å². The maximum Gasteiger partial charge on any atom is 0.416 e. The first-order chi connectivity index (χ1) is 8.14. The highest BCUT2D eigenvalue weighted by molar-refractivity contribution is 5.96. The summed E-state index contributed by atoms with van der Waals surface area (Å²) in [7, 11) is 1.20. The van der Waals surface area contributed by atoms with Gasteiger partial charge in [-0.15, -0.1) is 0 Å². The molecule has 1 atom stereocenters. The second kappa shape index (κ2) is 4.97. The van der Waals surface area contributed by atoms with Crippen LogP contribution in [0.2, 0.25) is 0 Å². The Labute approximate surface area is 102 Å². The zero-order valence-corrected chi connectivity index (χ0v) is 10.2. The van der Waals surface area contributed by atoms with E-state index in [0.717, 1.165) is 4.90 Å². The molecule has 0 saturated heterocycles. The zero-order chi connectivity index (χ0) is 14.1. The topological polar surface area (TPSA) is 69.2 Å². The lowest BCUT2D eigenvalue weighted by atomic mass is 10.1. The summed E-state index contributed by atoms with van der Waals surface area (Å²) in [6.45, 7) is 2.36. The molecule has 0 aliphatic heterocycles. The Morgan fingerprint density at radius 2 is 2.06 bits per heavy atom. The Morgan fingerprint density at radius 1 is 1.50 bits per heavy atom. The van der Waals surface area contributed by atoms with Crippen LogP contribution < -0.4 is 0 Å². The number of rotatable bonds is 3. The first-order valence-corrected chi connectivity index (χ1v) is 5.16. The highest BCUT2D eigenvalue weighted by atomic mass is 19.4. The zero-order valence-electron chi connectivity index (χ0n) is 10.2. The Hall–Kier alpha value is -1.57. The maximum absolute atomic E-state index is 12.2. The van der Waals surface area contributed by atoms with Crippen molar-refractivity contribution in [3.05, 3.63) is 17.0 Å². The summed E-state index contributed by atoms with van der Waals surface area (Å²) in [6, 6.07) is 0. The largest absolute Gasteiger partial charge is 0.416 e. The van der Waals surface area contributed by atoms with E-state index >= 15 is 0 Å². The average molecular weight is 265 g/mol. The number of aryl methyl sites for hydroxylation is 2. The molecule has 5 nitrogen and oxygen atoms in total. The number of hydrogen-bond acceptors (Lipinski definition) is 3. The second-order valence-corrected chi connectivity index (χ2v) is 4.05. The third-order valence-electron chi connectivity index (χ3n) is 2.51. The van der Waals surface area contributed by atoms with Crippen LogP contribution in [-0.4, -0.2) is 52.0 Å². The molecule has 0 aromatic carbocycles. The number of amides is 1. The van der Waals surface area contributed by atoms with E-state index in [1.54, 1.807) is 13.8 Å². The minimum atomic E-state index is -4.74. The lowest BCUT2D eigenvalue weighted by Gasteiger charge is -2.22. The van der Waals surface area contributed by atoms with Gasteiger partial charge in [0.05, 0.1) is 17.8 Å². The molecule has 8 heteroatoms. The van der Waals surface area contributed by atoms with Crippen LogP contribution in [0, 0.1) is 13.8 Å². The molecule has 0 aliphatic carbocycles. The highest BCUT2D eigenvalue weighted by Crippen LogP contribution is 2.21. The van der Waals surface area contributed by atoms with Gasteiger partial charge in [-0.1, -0.05) is 0 Å². The number of nitrogens with zero attached hydrogens (tertiary/aromatic N) is 2. The fourth-order valence-electron chi connectivity index (χ4n) is 1.50. The molecule has 0 radical (unpaired) electrons. The molecule has 1 heterocycles. The SMILES string of the molecule is Cc1n[nH]c(C)c1C(=O)N(C)CC(O)C(F)(F)F. The molecule has 1 aromatic heterocycles. The van der Waals surface area contributed by atoms with Gasteiger partial charge in [0, 0.05) is 12.7 Å². The normalized spacial score (nSPS) is 13.5. The van der Waals surface area contributed by atoms with E-state index in [4.69, 9.17) is 5.11 Å². The van der Waals surface area contributed by atoms with Gasteiger partial charge >= 0.3 is 6.18 Å². The third kappa shape index (κ3) is 3.00. The van der Waals surface area contributed by atoms with Crippen LogP contribution in [0.1, 0.15) is 21.7 Å². The molecule has 1 aromatic rings. The van der Waals surface area contributed by atoms with Crippen LogP contribution in [-0.2, 0) is 0 Å². The molecule has 0 bridgehead atoms. The smallest absolute Gasteiger partial charge is 0.382 e.